The van der Waals surface area contributed by atoms with Crippen LogP contribution in [0, 0.1) is 0 Å². The molecule has 1 aromatic heterocycles. The lowest BCUT2D eigenvalue weighted by atomic mass is 10.0. The summed E-state index contributed by atoms with van der Waals surface area (Å²) in [7, 11) is 1.91. The molecule has 0 aliphatic carbocycles. The first kappa shape index (κ1) is 13.2. The molecule has 92 valence electrons. The van der Waals surface area contributed by atoms with Crippen LogP contribution in [0.1, 0.15) is 51.3 Å². The van der Waals surface area contributed by atoms with Crippen LogP contribution in [0.4, 0.5) is 0 Å². The summed E-state index contributed by atoms with van der Waals surface area (Å²) >= 11 is 0. The van der Waals surface area contributed by atoms with E-state index in [2.05, 4.69) is 17.0 Å². The molecule has 2 N–H and O–H groups in total. The predicted octanol–water partition coefficient (Wildman–Crippen LogP) is 2.05. The molecule has 0 aliphatic rings. The zero-order valence-corrected chi connectivity index (χ0v) is 10.5. The van der Waals surface area contributed by atoms with Crippen LogP contribution < -0.4 is 5.73 Å². The molecule has 0 bridgehead atoms. The monoisotopic (exact) mass is 224 g/mol. The average molecular weight is 224 g/mol. The highest BCUT2D eigenvalue weighted by Crippen LogP contribution is 2.08. The third kappa shape index (κ3) is 4.75. The van der Waals surface area contributed by atoms with Gasteiger partial charge >= 0.3 is 0 Å². The number of unbranched alkanes of at least 4 members (excludes halogenated alkanes) is 4. The Morgan fingerprint density at radius 3 is 2.69 bits per heavy atom. The highest BCUT2D eigenvalue weighted by Gasteiger charge is 2.07. The third-order valence-electron chi connectivity index (χ3n) is 2.93. The molecule has 1 atom stereocenters. The first-order valence-corrected chi connectivity index (χ1v) is 6.32. The fraction of sp³-hybridized carbons (Fsp3) is 0.833. The summed E-state index contributed by atoms with van der Waals surface area (Å²) in [6.07, 6.45) is 10.0. The van der Waals surface area contributed by atoms with E-state index in [1.807, 2.05) is 7.05 Å². The fourth-order valence-electron chi connectivity index (χ4n) is 1.85. The topological polar surface area (TPSA) is 56.7 Å². The van der Waals surface area contributed by atoms with Crippen LogP contribution in [-0.2, 0) is 13.5 Å². The van der Waals surface area contributed by atoms with Gasteiger partial charge < -0.3 is 5.73 Å². The van der Waals surface area contributed by atoms with Crippen molar-refractivity contribution in [2.75, 3.05) is 0 Å². The Kier molecular flexibility index (Phi) is 6.08. The number of nitrogens with two attached hydrogens (primary N) is 1. The second-order valence-electron chi connectivity index (χ2n) is 4.47. The quantitative estimate of drug-likeness (QED) is 0.687. The number of aromatic nitrogens is 3. The second kappa shape index (κ2) is 7.39. The van der Waals surface area contributed by atoms with Crippen LogP contribution in [0.3, 0.4) is 0 Å². The minimum Gasteiger partial charge on any atom is -0.327 e. The highest BCUT2D eigenvalue weighted by molar-refractivity contribution is 4.87. The number of hydrogen-bond donors (Lipinski definition) is 1. The van der Waals surface area contributed by atoms with Gasteiger partial charge in [-0.15, -0.1) is 0 Å². The summed E-state index contributed by atoms with van der Waals surface area (Å²) < 4.78 is 1.80. The van der Waals surface area contributed by atoms with E-state index in [9.17, 15) is 0 Å². The van der Waals surface area contributed by atoms with E-state index in [4.69, 9.17) is 5.73 Å². The van der Waals surface area contributed by atoms with Gasteiger partial charge in [-0.3, -0.25) is 4.68 Å². The minimum absolute atomic E-state index is 0.226. The van der Waals surface area contributed by atoms with Crippen LogP contribution in [0.25, 0.3) is 0 Å². The van der Waals surface area contributed by atoms with Gasteiger partial charge in [0.2, 0.25) is 0 Å². The normalized spacial score (nSPS) is 12.9. The van der Waals surface area contributed by atoms with Crippen molar-refractivity contribution in [3.05, 3.63) is 12.2 Å². The van der Waals surface area contributed by atoms with Crippen molar-refractivity contribution in [3.63, 3.8) is 0 Å². The fourth-order valence-corrected chi connectivity index (χ4v) is 1.85. The molecule has 0 spiro atoms. The van der Waals surface area contributed by atoms with Crippen molar-refractivity contribution in [3.8, 4) is 0 Å². The van der Waals surface area contributed by atoms with Gasteiger partial charge in [0, 0.05) is 19.5 Å². The molecular formula is C12H24N4. The molecule has 0 saturated heterocycles. The SMILES string of the molecule is CCCCCCCC(N)Cc1ncnn1C. The van der Waals surface area contributed by atoms with Gasteiger partial charge in [0.1, 0.15) is 12.2 Å². The molecule has 1 rings (SSSR count). The first-order chi connectivity index (χ1) is 7.74. The summed E-state index contributed by atoms with van der Waals surface area (Å²) in [5.41, 5.74) is 6.07. The van der Waals surface area contributed by atoms with E-state index < -0.39 is 0 Å². The van der Waals surface area contributed by atoms with E-state index in [1.54, 1.807) is 11.0 Å². The number of nitrogens with zero attached hydrogens (tertiary/aromatic N) is 3. The Morgan fingerprint density at radius 1 is 1.31 bits per heavy atom. The third-order valence-corrected chi connectivity index (χ3v) is 2.93. The van der Waals surface area contributed by atoms with Crippen LogP contribution in [-0.4, -0.2) is 20.8 Å². The average Bonchev–Trinajstić information content (AvgIpc) is 2.64. The second-order valence-corrected chi connectivity index (χ2v) is 4.47. The van der Waals surface area contributed by atoms with E-state index in [-0.39, 0.29) is 6.04 Å². The molecule has 1 unspecified atom stereocenters. The maximum Gasteiger partial charge on any atom is 0.138 e. The van der Waals surface area contributed by atoms with Crippen molar-refractivity contribution in [2.45, 2.75) is 57.9 Å². The van der Waals surface area contributed by atoms with E-state index in [0.29, 0.717) is 0 Å². The Labute approximate surface area is 98.2 Å². The summed E-state index contributed by atoms with van der Waals surface area (Å²) in [6.45, 7) is 2.24. The highest BCUT2D eigenvalue weighted by atomic mass is 15.3. The lowest BCUT2D eigenvalue weighted by Crippen LogP contribution is -2.24. The molecule has 1 heterocycles. The molecule has 16 heavy (non-hydrogen) atoms. The van der Waals surface area contributed by atoms with Crippen LogP contribution in [0.15, 0.2) is 6.33 Å². The predicted molar refractivity (Wildman–Crippen MR) is 66.1 cm³/mol. The van der Waals surface area contributed by atoms with Crippen molar-refractivity contribution in [2.24, 2.45) is 12.8 Å². The smallest absolute Gasteiger partial charge is 0.138 e. The molecule has 0 radical (unpaired) electrons. The molecular weight excluding hydrogens is 200 g/mol. The van der Waals surface area contributed by atoms with Crippen LogP contribution >= 0.6 is 0 Å². The van der Waals surface area contributed by atoms with Gasteiger partial charge in [0.15, 0.2) is 0 Å². The maximum absolute atomic E-state index is 6.07. The van der Waals surface area contributed by atoms with Crippen molar-refractivity contribution >= 4 is 0 Å². The molecule has 4 nitrogen and oxygen atoms in total. The maximum atomic E-state index is 6.07. The summed E-state index contributed by atoms with van der Waals surface area (Å²) in [4.78, 5) is 4.19. The largest absolute Gasteiger partial charge is 0.327 e. The molecule has 0 fully saturated rings. The Balaban J connectivity index is 2.11. The van der Waals surface area contributed by atoms with Crippen LogP contribution in [0.2, 0.25) is 0 Å². The van der Waals surface area contributed by atoms with Gasteiger partial charge in [0.05, 0.1) is 0 Å². The first-order valence-electron chi connectivity index (χ1n) is 6.32. The Bertz CT molecular complexity index is 282. The van der Waals surface area contributed by atoms with Gasteiger partial charge in [-0.1, -0.05) is 39.0 Å². The zero-order chi connectivity index (χ0) is 11.8. The summed E-state index contributed by atoms with van der Waals surface area (Å²) in [5.74, 6) is 0.987. The number of rotatable bonds is 8. The summed E-state index contributed by atoms with van der Waals surface area (Å²) in [5, 5.41) is 4.04. The van der Waals surface area contributed by atoms with Crippen molar-refractivity contribution in [1.82, 2.24) is 14.8 Å². The Morgan fingerprint density at radius 2 is 2.06 bits per heavy atom. The minimum atomic E-state index is 0.226. The van der Waals surface area contributed by atoms with Gasteiger partial charge in [0.25, 0.3) is 0 Å². The van der Waals surface area contributed by atoms with Gasteiger partial charge in [-0.25, -0.2) is 4.98 Å². The molecule has 0 saturated carbocycles. The number of aryl methyl sites for hydroxylation is 1. The lowest BCUT2D eigenvalue weighted by molar-refractivity contribution is 0.521. The van der Waals surface area contributed by atoms with E-state index in [1.165, 1.54) is 32.1 Å². The number of hydrogen-bond acceptors (Lipinski definition) is 3. The van der Waals surface area contributed by atoms with E-state index in [0.717, 1.165) is 18.7 Å². The molecule has 0 aliphatic heterocycles. The van der Waals surface area contributed by atoms with Crippen LogP contribution in [0.5, 0.6) is 0 Å². The van der Waals surface area contributed by atoms with Gasteiger partial charge in [-0.2, -0.15) is 5.10 Å². The van der Waals surface area contributed by atoms with E-state index >= 15 is 0 Å². The van der Waals surface area contributed by atoms with Crippen molar-refractivity contribution in [1.29, 1.82) is 0 Å². The molecule has 4 heteroatoms. The molecule has 1 aromatic rings. The molecule has 0 amide bonds. The van der Waals surface area contributed by atoms with Crippen molar-refractivity contribution < 1.29 is 0 Å². The Hall–Kier alpha value is -0.900. The lowest BCUT2D eigenvalue weighted by Gasteiger charge is -2.10. The van der Waals surface area contributed by atoms with Gasteiger partial charge in [-0.05, 0) is 6.42 Å². The standard InChI is InChI=1S/C12H24N4/c1-3-4-5-6-7-8-11(13)9-12-14-10-15-16(12)2/h10-11H,3-9,13H2,1-2H3. The summed E-state index contributed by atoms with van der Waals surface area (Å²) in [6, 6.07) is 0.226. The zero-order valence-electron chi connectivity index (χ0n) is 10.5. The molecule has 0 aromatic carbocycles.